The molecule has 0 saturated carbocycles. The summed E-state index contributed by atoms with van der Waals surface area (Å²) in [4.78, 5) is 11.3. The zero-order valence-corrected chi connectivity index (χ0v) is 12.5. The summed E-state index contributed by atoms with van der Waals surface area (Å²) < 4.78 is 42.6. The molecule has 0 unspecified atom stereocenters. The van der Waals surface area contributed by atoms with Gasteiger partial charge >= 0.3 is 6.18 Å². The first-order valence-electron chi connectivity index (χ1n) is 6.81. The number of carbonyl (C=O) groups is 1. The lowest BCUT2D eigenvalue weighted by Gasteiger charge is -2.08. The highest BCUT2D eigenvalue weighted by molar-refractivity contribution is 5.76. The quantitative estimate of drug-likeness (QED) is 0.848. The van der Waals surface area contributed by atoms with Crippen LogP contribution < -0.4 is 10.1 Å². The molecule has 0 aliphatic carbocycles. The predicted molar refractivity (Wildman–Crippen MR) is 77.2 cm³/mol. The Kier molecular flexibility index (Phi) is 6.77. The van der Waals surface area contributed by atoms with Gasteiger partial charge in [0.05, 0.1) is 12.1 Å². The fourth-order valence-electron chi connectivity index (χ4n) is 1.58. The van der Waals surface area contributed by atoms with Crippen LogP contribution in [0.15, 0.2) is 24.3 Å². The van der Waals surface area contributed by atoms with Crippen LogP contribution in [0.1, 0.15) is 25.8 Å². The van der Waals surface area contributed by atoms with E-state index in [1.165, 1.54) is 12.1 Å². The molecule has 22 heavy (non-hydrogen) atoms. The van der Waals surface area contributed by atoms with E-state index in [0.717, 1.165) is 12.1 Å². The van der Waals surface area contributed by atoms with E-state index < -0.39 is 11.7 Å². The van der Waals surface area contributed by atoms with Gasteiger partial charge in [0.2, 0.25) is 5.91 Å². The van der Waals surface area contributed by atoms with E-state index in [4.69, 9.17) is 4.74 Å². The number of nitrogens with one attached hydrogen (secondary N) is 1. The standard InChI is InChI=1S/C16H18F3NO2/c1-12(2)10-15(21)20-8-3-4-9-22-14-7-5-6-13(11-14)16(17,18)19/h5-7,11-12H,8-10H2,1-2H3,(H,20,21). The SMILES string of the molecule is CC(C)CC(=O)NCC#CCOc1cccc(C(F)(F)F)c1. The zero-order valence-electron chi connectivity index (χ0n) is 12.5. The number of carbonyl (C=O) groups excluding carboxylic acids is 1. The van der Waals surface area contributed by atoms with E-state index in [1.54, 1.807) is 0 Å². The number of hydrogen-bond donors (Lipinski definition) is 1. The monoisotopic (exact) mass is 313 g/mol. The zero-order chi connectivity index (χ0) is 16.6. The highest BCUT2D eigenvalue weighted by atomic mass is 19.4. The number of ether oxygens (including phenoxy) is 1. The molecule has 120 valence electrons. The summed E-state index contributed by atoms with van der Waals surface area (Å²) in [6.07, 6.45) is -3.96. The summed E-state index contributed by atoms with van der Waals surface area (Å²) in [5.74, 6) is 5.61. The number of halogens is 3. The Morgan fingerprint density at radius 1 is 1.32 bits per heavy atom. The molecule has 1 amide bonds. The highest BCUT2D eigenvalue weighted by Gasteiger charge is 2.30. The first kappa shape index (κ1) is 17.9. The van der Waals surface area contributed by atoms with Crippen molar-refractivity contribution in [2.45, 2.75) is 26.4 Å². The summed E-state index contributed by atoms with van der Waals surface area (Å²) in [6, 6.07) is 4.61. The van der Waals surface area contributed by atoms with Gasteiger partial charge in [-0.3, -0.25) is 4.79 Å². The molecule has 1 aromatic carbocycles. The Balaban J connectivity index is 2.37. The minimum Gasteiger partial charge on any atom is -0.481 e. The van der Waals surface area contributed by atoms with E-state index in [-0.39, 0.29) is 30.7 Å². The number of amides is 1. The minimum absolute atomic E-state index is 0.0403. The average Bonchev–Trinajstić information content (AvgIpc) is 2.41. The van der Waals surface area contributed by atoms with E-state index in [9.17, 15) is 18.0 Å². The molecule has 0 aliphatic rings. The lowest BCUT2D eigenvalue weighted by molar-refractivity contribution is -0.137. The molecule has 1 rings (SSSR count). The Morgan fingerprint density at radius 2 is 2.05 bits per heavy atom. The molecule has 0 saturated heterocycles. The van der Waals surface area contributed by atoms with Gasteiger partial charge in [0.25, 0.3) is 0 Å². The first-order chi connectivity index (χ1) is 10.3. The highest BCUT2D eigenvalue weighted by Crippen LogP contribution is 2.31. The van der Waals surface area contributed by atoms with Crippen molar-refractivity contribution in [2.24, 2.45) is 5.92 Å². The van der Waals surface area contributed by atoms with Crippen molar-refractivity contribution in [1.82, 2.24) is 5.32 Å². The van der Waals surface area contributed by atoms with Gasteiger partial charge in [-0.1, -0.05) is 31.8 Å². The van der Waals surface area contributed by atoms with Gasteiger partial charge in [0.15, 0.2) is 0 Å². The summed E-state index contributed by atoms with van der Waals surface area (Å²) in [5, 5.41) is 2.62. The summed E-state index contributed by atoms with van der Waals surface area (Å²) in [6.45, 7) is 4.03. The van der Waals surface area contributed by atoms with Crippen molar-refractivity contribution in [2.75, 3.05) is 13.2 Å². The number of rotatable bonds is 5. The summed E-state index contributed by atoms with van der Waals surface area (Å²) >= 11 is 0. The second-order valence-electron chi connectivity index (χ2n) is 5.04. The Labute approximate surface area is 127 Å². The minimum atomic E-state index is -4.40. The van der Waals surface area contributed by atoms with Gasteiger partial charge in [-0.15, -0.1) is 0 Å². The normalized spacial score (nSPS) is 10.8. The maximum absolute atomic E-state index is 12.5. The van der Waals surface area contributed by atoms with Gasteiger partial charge < -0.3 is 10.1 Å². The molecule has 0 aromatic heterocycles. The van der Waals surface area contributed by atoms with Gasteiger partial charge in [-0.2, -0.15) is 13.2 Å². The van der Waals surface area contributed by atoms with Crippen LogP contribution in [0, 0.1) is 17.8 Å². The molecular formula is C16H18F3NO2. The molecule has 0 radical (unpaired) electrons. The number of benzene rings is 1. The molecular weight excluding hydrogens is 295 g/mol. The van der Waals surface area contributed by atoms with Crippen LogP contribution in [-0.4, -0.2) is 19.1 Å². The van der Waals surface area contributed by atoms with Crippen LogP contribution in [0.5, 0.6) is 5.75 Å². The smallest absolute Gasteiger partial charge is 0.416 e. The second kappa shape index (κ2) is 8.32. The average molecular weight is 313 g/mol. The lowest BCUT2D eigenvalue weighted by Crippen LogP contribution is -2.24. The van der Waals surface area contributed by atoms with Crippen molar-refractivity contribution in [3.05, 3.63) is 29.8 Å². The van der Waals surface area contributed by atoms with Gasteiger partial charge in [0.1, 0.15) is 12.4 Å². The third-order valence-corrected chi connectivity index (χ3v) is 2.56. The van der Waals surface area contributed by atoms with Gasteiger partial charge in [-0.05, 0) is 24.1 Å². The molecule has 1 aromatic rings. The topological polar surface area (TPSA) is 38.3 Å². The van der Waals surface area contributed by atoms with Crippen molar-refractivity contribution in [3.8, 4) is 17.6 Å². The van der Waals surface area contributed by atoms with Crippen molar-refractivity contribution in [1.29, 1.82) is 0 Å². The maximum Gasteiger partial charge on any atom is 0.416 e. The van der Waals surface area contributed by atoms with Crippen molar-refractivity contribution < 1.29 is 22.7 Å². The van der Waals surface area contributed by atoms with Crippen LogP contribution in [0.3, 0.4) is 0 Å². The Hall–Kier alpha value is -2.16. The van der Waals surface area contributed by atoms with Crippen LogP contribution in [0.4, 0.5) is 13.2 Å². The Morgan fingerprint density at radius 3 is 2.68 bits per heavy atom. The number of hydrogen-bond acceptors (Lipinski definition) is 2. The molecule has 0 heterocycles. The van der Waals surface area contributed by atoms with E-state index in [1.807, 2.05) is 13.8 Å². The molecule has 1 N–H and O–H groups in total. The van der Waals surface area contributed by atoms with Crippen molar-refractivity contribution >= 4 is 5.91 Å². The summed E-state index contributed by atoms with van der Waals surface area (Å²) in [7, 11) is 0. The van der Waals surface area contributed by atoms with Crippen LogP contribution in [0.25, 0.3) is 0 Å². The second-order valence-corrected chi connectivity index (χ2v) is 5.04. The maximum atomic E-state index is 12.5. The predicted octanol–water partition coefficient (Wildman–Crippen LogP) is 3.25. The van der Waals surface area contributed by atoms with Gasteiger partial charge in [0, 0.05) is 6.42 Å². The number of alkyl halides is 3. The third-order valence-electron chi connectivity index (χ3n) is 2.56. The lowest BCUT2D eigenvalue weighted by atomic mass is 10.1. The molecule has 0 spiro atoms. The summed E-state index contributed by atoms with van der Waals surface area (Å²) in [5.41, 5.74) is -0.765. The fraction of sp³-hybridized carbons (Fsp3) is 0.438. The molecule has 0 atom stereocenters. The Bertz CT molecular complexity index is 556. The third kappa shape index (κ3) is 7.02. The van der Waals surface area contributed by atoms with E-state index in [2.05, 4.69) is 17.2 Å². The van der Waals surface area contributed by atoms with Crippen LogP contribution in [-0.2, 0) is 11.0 Å². The fourth-order valence-corrected chi connectivity index (χ4v) is 1.58. The van der Waals surface area contributed by atoms with Gasteiger partial charge in [-0.25, -0.2) is 0 Å². The first-order valence-corrected chi connectivity index (χ1v) is 6.81. The van der Waals surface area contributed by atoms with Crippen molar-refractivity contribution in [3.63, 3.8) is 0 Å². The largest absolute Gasteiger partial charge is 0.481 e. The molecule has 6 heteroatoms. The van der Waals surface area contributed by atoms with E-state index >= 15 is 0 Å². The molecule has 0 fully saturated rings. The molecule has 0 bridgehead atoms. The van der Waals surface area contributed by atoms with Crippen LogP contribution in [0.2, 0.25) is 0 Å². The molecule has 0 aliphatic heterocycles. The molecule has 3 nitrogen and oxygen atoms in total. The van der Waals surface area contributed by atoms with Crippen LogP contribution >= 0.6 is 0 Å². The van der Waals surface area contributed by atoms with E-state index in [0.29, 0.717) is 6.42 Å².